The van der Waals surface area contributed by atoms with E-state index in [0.29, 0.717) is 31.3 Å². The van der Waals surface area contributed by atoms with Gasteiger partial charge in [0.1, 0.15) is 30.0 Å². The van der Waals surface area contributed by atoms with Crippen LogP contribution in [-0.4, -0.2) is 92.9 Å². The summed E-state index contributed by atoms with van der Waals surface area (Å²) in [6, 6.07) is 14.1. The molecule has 0 radical (unpaired) electrons. The molecule has 3 N–H and O–H groups in total. The smallest absolute Gasteiger partial charge is 0.490 e. The second kappa shape index (κ2) is 17.3. The molecule has 1 fully saturated rings. The molecule has 0 aromatic heterocycles. The van der Waals surface area contributed by atoms with Crippen LogP contribution in [0.4, 0.5) is 13.2 Å². The second-order valence-corrected chi connectivity index (χ2v) is 9.11. The van der Waals surface area contributed by atoms with Crippen molar-refractivity contribution in [1.82, 2.24) is 10.2 Å². The zero-order chi connectivity index (χ0) is 30.3. The lowest BCUT2D eigenvalue weighted by atomic mass is 10.0. The predicted octanol–water partition coefficient (Wildman–Crippen LogP) is 3.44. The first-order chi connectivity index (χ1) is 19.5. The normalized spacial score (nSPS) is 14.8. The number of alkyl halides is 3. The van der Waals surface area contributed by atoms with Crippen LogP contribution in [0.1, 0.15) is 30.9 Å². The van der Waals surface area contributed by atoms with Crippen molar-refractivity contribution >= 4 is 11.9 Å². The van der Waals surface area contributed by atoms with Gasteiger partial charge in [-0.05, 0) is 67.9 Å². The summed E-state index contributed by atoms with van der Waals surface area (Å²) in [5.74, 6) is -0.777. The van der Waals surface area contributed by atoms with Gasteiger partial charge in [0.15, 0.2) is 0 Å². The predicted molar refractivity (Wildman–Crippen MR) is 143 cm³/mol. The van der Waals surface area contributed by atoms with Gasteiger partial charge in [0, 0.05) is 13.7 Å². The number of hydrogen-bond acceptors (Lipinski definition) is 8. The number of likely N-dealkylation sites (tertiary alicyclic amines) is 1. The number of aliphatic carboxylic acids is 1. The standard InChI is InChI=1S/C26H36N2O6.C2HF3O2/c1-31-17-18-34-22-7-5-20(6-8-22)26(30)24(19-28-14-3-4-15-28)27-25(29)13-16-33-23-11-9-21(32-2)10-12-23;3-2(4,5)1(6)7/h5-12,24,26,30H,3-4,13-19H2,1-2H3,(H,27,29);(H,6,7)/t24-,26-;/m1./s1. The average molecular weight is 587 g/mol. The Kier molecular flexibility index (Phi) is 14.2. The van der Waals surface area contributed by atoms with Crippen molar-refractivity contribution in [2.45, 2.75) is 37.6 Å². The molecular formula is C28H37F3N2O8. The molecule has 2 atom stereocenters. The third-order valence-electron chi connectivity index (χ3n) is 6.06. The Hall–Kier alpha value is -3.55. The van der Waals surface area contributed by atoms with Crippen molar-refractivity contribution in [3.63, 3.8) is 0 Å². The maximum atomic E-state index is 12.7. The molecule has 0 bridgehead atoms. The number of nitrogens with one attached hydrogen (secondary N) is 1. The van der Waals surface area contributed by atoms with E-state index in [1.807, 2.05) is 36.4 Å². The Morgan fingerprint density at radius 1 is 0.902 bits per heavy atom. The van der Waals surface area contributed by atoms with Crippen LogP contribution in [0.2, 0.25) is 0 Å². The first-order valence-electron chi connectivity index (χ1n) is 13.0. The number of carboxylic acid groups (broad SMARTS) is 1. The second-order valence-electron chi connectivity index (χ2n) is 9.11. The zero-order valence-electron chi connectivity index (χ0n) is 23.1. The highest BCUT2D eigenvalue weighted by Gasteiger charge is 2.38. The molecule has 1 amide bonds. The molecule has 1 saturated heterocycles. The van der Waals surface area contributed by atoms with Crippen LogP contribution in [0.25, 0.3) is 0 Å². The van der Waals surface area contributed by atoms with E-state index >= 15 is 0 Å². The van der Waals surface area contributed by atoms with E-state index in [-0.39, 0.29) is 18.9 Å². The summed E-state index contributed by atoms with van der Waals surface area (Å²) in [6.45, 7) is 3.77. The molecule has 3 rings (SSSR count). The van der Waals surface area contributed by atoms with Crippen LogP contribution in [0.15, 0.2) is 48.5 Å². The van der Waals surface area contributed by atoms with E-state index in [9.17, 15) is 23.1 Å². The van der Waals surface area contributed by atoms with E-state index in [1.54, 1.807) is 26.4 Å². The number of halogens is 3. The maximum absolute atomic E-state index is 12.7. The number of methoxy groups -OCH3 is 2. The topological polar surface area (TPSA) is 127 Å². The molecule has 13 heteroatoms. The number of rotatable bonds is 14. The summed E-state index contributed by atoms with van der Waals surface area (Å²) in [6.07, 6.45) is -3.44. The van der Waals surface area contributed by atoms with Gasteiger partial charge < -0.3 is 39.4 Å². The minimum absolute atomic E-state index is 0.156. The molecule has 2 aromatic rings. The van der Waals surface area contributed by atoms with Gasteiger partial charge in [-0.3, -0.25) is 4.79 Å². The maximum Gasteiger partial charge on any atom is 0.490 e. The van der Waals surface area contributed by atoms with Gasteiger partial charge in [-0.2, -0.15) is 13.2 Å². The lowest BCUT2D eigenvalue weighted by Crippen LogP contribution is -2.47. The Labute approximate surface area is 236 Å². The number of benzene rings is 2. The van der Waals surface area contributed by atoms with Crippen LogP contribution < -0.4 is 19.5 Å². The van der Waals surface area contributed by atoms with Gasteiger partial charge in [-0.1, -0.05) is 12.1 Å². The Morgan fingerprint density at radius 2 is 1.41 bits per heavy atom. The van der Waals surface area contributed by atoms with E-state index < -0.39 is 24.3 Å². The van der Waals surface area contributed by atoms with Gasteiger partial charge in [-0.25, -0.2) is 4.79 Å². The quantitative estimate of drug-likeness (QED) is 0.286. The van der Waals surface area contributed by atoms with Crippen molar-refractivity contribution in [1.29, 1.82) is 0 Å². The minimum atomic E-state index is -5.08. The van der Waals surface area contributed by atoms with Crippen molar-refractivity contribution in [3.05, 3.63) is 54.1 Å². The highest BCUT2D eigenvalue weighted by Crippen LogP contribution is 2.23. The number of carbonyl (C=O) groups excluding carboxylic acids is 1. The summed E-state index contributed by atoms with van der Waals surface area (Å²) >= 11 is 0. The molecule has 41 heavy (non-hydrogen) atoms. The van der Waals surface area contributed by atoms with Crippen LogP contribution >= 0.6 is 0 Å². The Balaban J connectivity index is 0.000000745. The van der Waals surface area contributed by atoms with Crippen LogP contribution in [-0.2, 0) is 14.3 Å². The number of nitrogens with zero attached hydrogens (tertiary/aromatic N) is 1. The Morgan fingerprint density at radius 3 is 1.93 bits per heavy atom. The molecule has 0 aliphatic carbocycles. The SMILES string of the molecule is COCCOc1ccc([C@@H](O)[C@@H](CN2CCCC2)NC(=O)CCOc2ccc(OC)cc2)cc1.O=C(O)C(F)(F)F. The van der Waals surface area contributed by atoms with Crippen molar-refractivity contribution < 1.29 is 51.9 Å². The van der Waals surface area contributed by atoms with Gasteiger partial charge in [-0.15, -0.1) is 0 Å². The lowest BCUT2D eigenvalue weighted by molar-refractivity contribution is -0.192. The van der Waals surface area contributed by atoms with Crippen molar-refractivity contribution in [2.24, 2.45) is 0 Å². The van der Waals surface area contributed by atoms with Gasteiger partial charge in [0.2, 0.25) is 5.91 Å². The van der Waals surface area contributed by atoms with E-state index in [4.69, 9.17) is 28.8 Å². The third-order valence-corrected chi connectivity index (χ3v) is 6.06. The summed E-state index contributed by atoms with van der Waals surface area (Å²) in [5.41, 5.74) is 0.734. The molecule has 2 aromatic carbocycles. The molecule has 1 heterocycles. The molecule has 1 aliphatic rings. The molecule has 0 spiro atoms. The largest absolute Gasteiger partial charge is 0.497 e. The molecule has 10 nitrogen and oxygen atoms in total. The highest BCUT2D eigenvalue weighted by atomic mass is 19.4. The minimum Gasteiger partial charge on any atom is -0.497 e. The first kappa shape index (κ1) is 33.7. The van der Waals surface area contributed by atoms with Crippen LogP contribution in [0, 0.1) is 0 Å². The number of amides is 1. The monoisotopic (exact) mass is 586 g/mol. The van der Waals surface area contributed by atoms with Gasteiger partial charge >= 0.3 is 12.1 Å². The molecule has 1 aliphatic heterocycles. The van der Waals surface area contributed by atoms with Crippen molar-refractivity contribution in [2.75, 3.05) is 53.7 Å². The average Bonchev–Trinajstić information content (AvgIpc) is 3.46. The number of carboxylic acids is 1. The highest BCUT2D eigenvalue weighted by molar-refractivity contribution is 5.76. The zero-order valence-corrected chi connectivity index (χ0v) is 23.1. The van der Waals surface area contributed by atoms with Crippen molar-refractivity contribution in [3.8, 4) is 17.2 Å². The number of aliphatic hydroxyl groups excluding tert-OH is 1. The summed E-state index contributed by atoms with van der Waals surface area (Å²) in [5, 5.41) is 21.3. The third kappa shape index (κ3) is 12.7. The van der Waals surface area contributed by atoms with E-state index in [0.717, 1.165) is 37.2 Å². The fraction of sp³-hybridized carbons (Fsp3) is 0.500. The molecule has 228 valence electrons. The fourth-order valence-electron chi connectivity index (χ4n) is 3.92. The first-order valence-corrected chi connectivity index (χ1v) is 13.0. The van der Waals surface area contributed by atoms with Gasteiger partial charge in [0.25, 0.3) is 0 Å². The summed E-state index contributed by atoms with van der Waals surface area (Å²) in [7, 11) is 3.24. The number of ether oxygens (including phenoxy) is 4. The summed E-state index contributed by atoms with van der Waals surface area (Å²) < 4.78 is 53.1. The fourth-order valence-corrected chi connectivity index (χ4v) is 3.92. The number of carbonyl (C=O) groups is 2. The van der Waals surface area contributed by atoms with Crippen LogP contribution in [0.5, 0.6) is 17.2 Å². The number of aliphatic hydroxyl groups is 1. The molecule has 0 unspecified atom stereocenters. The number of hydrogen-bond donors (Lipinski definition) is 3. The van der Waals surface area contributed by atoms with E-state index in [2.05, 4.69) is 10.2 Å². The molecule has 0 saturated carbocycles. The lowest BCUT2D eigenvalue weighted by Gasteiger charge is -2.29. The Bertz CT molecular complexity index is 1050. The summed E-state index contributed by atoms with van der Waals surface area (Å²) in [4.78, 5) is 23.9. The van der Waals surface area contributed by atoms with E-state index in [1.165, 1.54) is 0 Å². The van der Waals surface area contributed by atoms with Gasteiger partial charge in [0.05, 0.1) is 32.8 Å². The molecular weight excluding hydrogens is 549 g/mol. The van der Waals surface area contributed by atoms with Crippen LogP contribution in [0.3, 0.4) is 0 Å².